The predicted octanol–water partition coefficient (Wildman–Crippen LogP) is 4.89. The molecule has 180 valence electrons. The maximum Gasteiger partial charge on any atom is 0.325 e. The Bertz CT molecular complexity index is 1460. The lowest BCUT2D eigenvalue weighted by molar-refractivity contribution is -0.134. The number of fused-ring (bicyclic) bond motifs is 1. The molecule has 3 aromatic carbocycles. The largest absolute Gasteiger partial charge is 0.325 e. The number of urea groups is 1. The van der Waals surface area contributed by atoms with Gasteiger partial charge in [-0.15, -0.1) is 0 Å². The average Bonchev–Trinajstić information content (AvgIpc) is 3.12. The minimum absolute atomic E-state index is 0.174. The van der Waals surface area contributed by atoms with Crippen LogP contribution in [0.3, 0.4) is 0 Å². The molecule has 1 atom stereocenters. The van der Waals surface area contributed by atoms with E-state index >= 15 is 0 Å². The number of pyridine rings is 1. The number of nitrogens with one attached hydrogen (secondary N) is 1. The van der Waals surface area contributed by atoms with Crippen LogP contribution in [0.5, 0.6) is 0 Å². The molecule has 7 nitrogen and oxygen atoms in total. The zero-order chi connectivity index (χ0) is 25.3. The molecular formula is C28H23ClN4O3. The van der Waals surface area contributed by atoms with E-state index in [2.05, 4.69) is 10.3 Å². The molecule has 4 amide bonds. The van der Waals surface area contributed by atoms with Gasteiger partial charge in [-0.25, -0.2) is 4.79 Å². The quantitative estimate of drug-likeness (QED) is 0.384. The van der Waals surface area contributed by atoms with E-state index in [-0.39, 0.29) is 6.54 Å². The third kappa shape index (κ3) is 4.41. The van der Waals surface area contributed by atoms with Crippen LogP contribution in [0.2, 0.25) is 5.02 Å². The number of hydrogen-bond donors (Lipinski definition) is 1. The van der Waals surface area contributed by atoms with Crippen LogP contribution in [-0.2, 0) is 21.7 Å². The maximum absolute atomic E-state index is 13.5. The molecule has 1 N–H and O–H groups in total. The zero-order valence-corrected chi connectivity index (χ0v) is 20.3. The highest BCUT2D eigenvalue weighted by Gasteiger charge is 2.49. The lowest BCUT2D eigenvalue weighted by Gasteiger charge is -2.25. The van der Waals surface area contributed by atoms with Gasteiger partial charge in [0, 0.05) is 16.9 Å². The molecule has 1 unspecified atom stereocenters. The summed E-state index contributed by atoms with van der Waals surface area (Å²) in [5.41, 5.74) is 0.615. The summed E-state index contributed by atoms with van der Waals surface area (Å²) in [5.74, 6) is -0.903. The summed E-state index contributed by atoms with van der Waals surface area (Å²) in [6.45, 7) is 1.42. The van der Waals surface area contributed by atoms with Crippen LogP contribution in [0.1, 0.15) is 18.2 Å². The second-order valence-electron chi connectivity index (χ2n) is 8.79. The number of carbonyl (C=O) groups excluding carboxylic acids is 3. The van der Waals surface area contributed by atoms with Crippen molar-refractivity contribution in [3.63, 3.8) is 0 Å². The molecular weight excluding hydrogens is 476 g/mol. The van der Waals surface area contributed by atoms with Gasteiger partial charge in [0.1, 0.15) is 12.1 Å². The summed E-state index contributed by atoms with van der Waals surface area (Å²) in [6.07, 6.45) is 1.65. The van der Waals surface area contributed by atoms with Crippen molar-refractivity contribution < 1.29 is 14.4 Å². The third-order valence-electron chi connectivity index (χ3n) is 6.38. The molecule has 1 saturated heterocycles. The van der Waals surface area contributed by atoms with E-state index in [9.17, 15) is 14.4 Å². The molecule has 1 aromatic heterocycles. The van der Waals surface area contributed by atoms with Crippen LogP contribution in [0.25, 0.3) is 10.8 Å². The fourth-order valence-electron chi connectivity index (χ4n) is 4.36. The van der Waals surface area contributed by atoms with Crippen molar-refractivity contribution in [1.82, 2.24) is 15.2 Å². The van der Waals surface area contributed by atoms with Crippen LogP contribution < -0.4 is 10.2 Å². The summed E-state index contributed by atoms with van der Waals surface area (Å²) in [4.78, 5) is 46.7. The van der Waals surface area contributed by atoms with Crippen LogP contribution in [0, 0.1) is 0 Å². The Morgan fingerprint density at radius 2 is 1.69 bits per heavy atom. The first-order chi connectivity index (χ1) is 17.3. The van der Waals surface area contributed by atoms with Crippen molar-refractivity contribution in [2.45, 2.75) is 19.0 Å². The molecule has 0 radical (unpaired) electrons. The van der Waals surface area contributed by atoms with E-state index in [1.165, 1.54) is 4.90 Å². The second-order valence-corrected chi connectivity index (χ2v) is 9.22. The van der Waals surface area contributed by atoms with E-state index in [1.54, 1.807) is 49.5 Å². The number of hydrogen-bond acceptors (Lipinski definition) is 4. The van der Waals surface area contributed by atoms with Crippen molar-refractivity contribution in [2.75, 3.05) is 11.4 Å². The fourth-order valence-corrected chi connectivity index (χ4v) is 4.48. The van der Waals surface area contributed by atoms with Gasteiger partial charge >= 0.3 is 6.03 Å². The van der Waals surface area contributed by atoms with Gasteiger partial charge in [0.05, 0.1) is 12.2 Å². The number of rotatable bonds is 6. The number of nitrogens with zero attached hydrogens (tertiary/aromatic N) is 3. The second kappa shape index (κ2) is 9.43. The van der Waals surface area contributed by atoms with E-state index in [0.717, 1.165) is 15.7 Å². The Balaban J connectivity index is 1.42. The van der Waals surface area contributed by atoms with Gasteiger partial charge in [0.15, 0.2) is 0 Å². The van der Waals surface area contributed by atoms with E-state index < -0.39 is 29.9 Å². The number of halogens is 1. The van der Waals surface area contributed by atoms with Crippen LogP contribution >= 0.6 is 11.6 Å². The molecule has 5 rings (SSSR count). The first kappa shape index (κ1) is 23.5. The highest BCUT2D eigenvalue weighted by atomic mass is 35.5. The Kier molecular flexibility index (Phi) is 6.16. The number of imide groups is 1. The normalized spacial score (nSPS) is 17.3. The Morgan fingerprint density at radius 3 is 2.42 bits per heavy atom. The molecule has 36 heavy (non-hydrogen) atoms. The van der Waals surface area contributed by atoms with Crippen LogP contribution in [-0.4, -0.2) is 34.3 Å². The number of aromatic nitrogens is 1. The highest BCUT2D eigenvalue weighted by molar-refractivity contribution is 6.30. The zero-order valence-electron chi connectivity index (χ0n) is 19.5. The molecule has 0 spiro atoms. The average molecular weight is 499 g/mol. The van der Waals surface area contributed by atoms with Crippen molar-refractivity contribution >= 4 is 45.9 Å². The summed E-state index contributed by atoms with van der Waals surface area (Å²) in [6, 6.07) is 25.0. The number of amides is 4. The summed E-state index contributed by atoms with van der Waals surface area (Å²) < 4.78 is 0. The summed E-state index contributed by atoms with van der Waals surface area (Å²) >= 11 is 6.04. The Labute approximate surface area is 213 Å². The lowest BCUT2D eigenvalue weighted by Crippen LogP contribution is -2.44. The molecule has 0 aliphatic carbocycles. The maximum atomic E-state index is 13.5. The molecule has 1 aliphatic heterocycles. The molecule has 0 bridgehead atoms. The van der Waals surface area contributed by atoms with Crippen molar-refractivity contribution in [1.29, 1.82) is 0 Å². The predicted molar refractivity (Wildman–Crippen MR) is 138 cm³/mol. The monoisotopic (exact) mass is 498 g/mol. The van der Waals surface area contributed by atoms with Gasteiger partial charge in [0.25, 0.3) is 5.91 Å². The van der Waals surface area contributed by atoms with E-state index in [1.807, 2.05) is 48.5 Å². The van der Waals surface area contributed by atoms with Crippen molar-refractivity contribution in [2.24, 2.45) is 0 Å². The SMILES string of the molecule is CC1(c2ccc3ccccc3c2)NC(=O)N(CC(=O)N(Cc2ccccn2)c2ccc(Cl)cc2)C1=O. The van der Waals surface area contributed by atoms with Crippen molar-refractivity contribution in [3.8, 4) is 0 Å². The lowest BCUT2D eigenvalue weighted by atomic mass is 9.90. The molecule has 4 aromatic rings. The topological polar surface area (TPSA) is 82.6 Å². The first-order valence-corrected chi connectivity index (χ1v) is 11.8. The van der Waals surface area contributed by atoms with Gasteiger partial charge in [-0.3, -0.25) is 19.5 Å². The van der Waals surface area contributed by atoms with Gasteiger partial charge in [-0.05, 0) is 65.7 Å². The molecule has 1 aliphatic rings. The number of benzene rings is 3. The number of anilines is 1. The van der Waals surface area contributed by atoms with Gasteiger partial charge in [0.2, 0.25) is 5.91 Å². The minimum atomic E-state index is -1.28. The number of carbonyl (C=O) groups is 3. The highest BCUT2D eigenvalue weighted by Crippen LogP contribution is 2.31. The summed E-state index contributed by atoms with van der Waals surface area (Å²) in [7, 11) is 0. The minimum Gasteiger partial charge on any atom is -0.319 e. The Morgan fingerprint density at radius 1 is 0.972 bits per heavy atom. The fraction of sp³-hybridized carbons (Fsp3) is 0.143. The van der Waals surface area contributed by atoms with Gasteiger partial charge in [-0.2, -0.15) is 0 Å². The standard InChI is InChI=1S/C28H23ClN4O3/c1-28(21-10-9-19-6-2-3-7-20(19)16-21)26(35)33(27(36)31-28)18-25(34)32(17-23-8-4-5-15-30-23)24-13-11-22(29)12-14-24/h2-16H,17-18H2,1H3,(H,31,36). The van der Waals surface area contributed by atoms with Crippen molar-refractivity contribution in [3.05, 3.63) is 107 Å². The first-order valence-electron chi connectivity index (χ1n) is 11.4. The smallest absolute Gasteiger partial charge is 0.319 e. The van der Waals surface area contributed by atoms with E-state index in [0.29, 0.717) is 22.0 Å². The summed E-state index contributed by atoms with van der Waals surface area (Å²) in [5, 5.41) is 5.31. The molecule has 2 heterocycles. The van der Waals surface area contributed by atoms with E-state index in [4.69, 9.17) is 11.6 Å². The molecule has 8 heteroatoms. The molecule has 1 fully saturated rings. The van der Waals surface area contributed by atoms with Crippen LogP contribution in [0.15, 0.2) is 91.1 Å². The van der Waals surface area contributed by atoms with Gasteiger partial charge in [-0.1, -0.05) is 54.1 Å². The van der Waals surface area contributed by atoms with Crippen LogP contribution in [0.4, 0.5) is 10.5 Å². The molecule has 0 saturated carbocycles. The Hall–Kier alpha value is -4.23. The third-order valence-corrected chi connectivity index (χ3v) is 6.63. The van der Waals surface area contributed by atoms with Gasteiger partial charge < -0.3 is 10.2 Å².